The van der Waals surface area contributed by atoms with Gasteiger partial charge in [-0.25, -0.2) is 4.68 Å². The molecule has 0 saturated carbocycles. The van der Waals surface area contributed by atoms with E-state index >= 15 is 0 Å². The molecule has 0 saturated heterocycles. The van der Waals surface area contributed by atoms with E-state index in [1.807, 2.05) is 42.5 Å². The van der Waals surface area contributed by atoms with Crippen molar-refractivity contribution in [3.8, 4) is 28.6 Å². The second-order valence-electron chi connectivity index (χ2n) is 6.27. The third-order valence-electron chi connectivity index (χ3n) is 4.29. The first-order valence-corrected chi connectivity index (χ1v) is 10.2. The average molecular weight is 440 g/mol. The van der Waals surface area contributed by atoms with Crippen LogP contribution >= 0.6 is 11.8 Å². The van der Waals surface area contributed by atoms with Gasteiger partial charge in [0.05, 0.1) is 20.0 Å². The molecule has 0 aliphatic carbocycles. The van der Waals surface area contributed by atoms with E-state index in [1.165, 1.54) is 16.4 Å². The minimum absolute atomic E-state index is 0.166. The number of nitrogens with zero attached hydrogens (tertiary/aromatic N) is 5. The molecule has 0 bridgehead atoms. The Morgan fingerprint density at radius 2 is 1.77 bits per heavy atom. The SMILES string of the molecule is COc1ccc(-c2noc(CSc3nnc(COc4cccc(OC)c4)n3N)n2)cc1. The van der Waals surface area contributed by atoms with Gasteiger partial charge in [0.2, 0.25) is 16.9 Å². The van der Waals surface area contributed by atoms with Crippen LogP contribution in [-0.2, 0) is 12.4 Å². The summed E-state index contributed by atoms with van der Waals surface area (Å²) >= 11 is 1.34. The van der Waals surface area contributed by atoms with Gasteiger partial charge in [0.1, 0.15) is 23.9 Å². The maximum atomic E-state index is 6.10. The second-order valence-corrected chi connectivity index (χ2v) is 7.21. The number of hydrogen-bond acceptors (Lipinski definition) is 10. The van der Waals surface area contributed by atoms with Gasteiger partial charge < -0.3 is 24.6 Å². The van der Waals surface area contributed by atoms with Crippen LogP contribution in [0.15, 0.2) is 58.2 Å². The monoisotopic (exact) mass is 440 g/mol. The number of benzene rings is 2. The lowest BCUT2D eigenvalue weighted by Crippen LogP contribution is -2.15. The van der Waals surface area contributed by atoms with Gasteiger partial charge in [-0.1, -0.05) is 23.0 Å². The van der Waals surface area contributed by atoms with Crippen molar-refractivity contribution >= 4 is 11.8 Å². The fraction of sp³-hybridized carbons (Fsp3) is 0.200. The first-order chi connectivity index (χ1) is 15.2. The third kappa shape index (κ3) is 4.89. The molecule has 0 fully saturated rings. The van der Waals surface area contributed by atoms with Crippen LogP contribution in [0.4, 0.5) is 0 Å². The smallest absolute Gasteiger partial charge is 0.237 e. The van der Waals surface area contributed by atoms with E-state index in [1.54, 1.807) is 20.3 Å². The average Bonchev–Trinajstić information content (AvgIpc) is 3.43. The topological polar surface area (TPSA) is 123 Å². The van der Waals surface area contributed by atoms with Crippen LogP contribution in [-0.4, -0.2) is 39.2 Å². The Bertz CT molecular complexity index is 1140. The molecule has 0 unspecified atom stereocenters. The van der Waals surface area contributed by atoms with E-state index in [2.05, 4.69) is 20.3 Å². The third-order valence-corrected chi connectivity index (χ3v) is 5.21. The van der Waals surface area contributed by atoms with E-state index in [0.29, 0.717) is 39.9 Å². The largest absolute Gasteiger partial charge is 0.497 e. The molecular weight excluding hydrogens is 420 g/mol. The van der Waals surface area contributed by atoms with Crippen LogP contribution < -0.4 is 20.1 Å². The fourth-order valence-electron chi connectivity index (χ4n) is 2.64. The number of nitrogens with two attached hydrogens (primary N) is 1. The van der Waals surface area contributed by atoms with Gasteiger partial charge in [-0.15, -0.1) is 10.2 Å². The van der Waals surface area contributed by atoms with Crippen LogP contribution in [0.5, 0.6) is 17.2 Å². The molecule has 4 aromatic rings. The van der Waals surface area contributed by atoms with Crippen molar-refractivity contribution in [1.82, 2.24) is 25.0 Å². The van der Waals surface area contributed by atoms with Gasteiger partial charge in [0, 0.05) is 11.6 Å². The Morgan fingerprint density at radius 3 is 2.55 bits per heavy atom. The molecular formula is C20H20N6O4S. The molecule has 2 aromatic heterocycles. The molecule has 0 radical (unpaired) electrons. The van der Waals surface area contributed by atoms with Crippen LogP contribution in [0.25, 0.3) is 11.4 Å². The maximum absolute atomic E-state index is 6.10. The summed E-state index contributed by atoms with van der Waals surface area (Å²) in [6, 6.07) is 14.7. The van der Waals surface area contributed by atoms with Crippen molar-refractivity contribution in [3.63, 3.8) is 0 Å². The Hall–Kier alpha value is -3.73. The lowest BCUT2D eigenvalue weighted by atomic mass is 10.2. The Morgan fingerprint density at radius 1 is 1.00 bits per heavy atom. The van der Waals surface area contributed by atoms with E-state index in [0.717, 1.165) is 11.3 Å². The molecule has 0 aliphatic rings. The molecule has 0 atom stereocenters. The van der Waals surface area contributed by atoms with E-state index in [4.69, 9.17) is 24.6 Å². The molecule has 10 nitrogen and oxygen atoms in total. The summed E-state index contributed by atoms with van der Waals surface area (Å²) in [4.78, 5) is 4.41. The number of aromatic nitrogens is 5. The summed E-state index contributed by atoms with van der Waals surface area (Å²) in [5.41, 5.74) is 0.833. The molecule has 160 valence electrons. The standard InChI is InChI=1S/C20H20N6O4S/c1-27-14-8-6-13(7-9-14)19-22-18(30-25-19)12-31-20-24-23-17(26(20)21)11-29-16-5-3-4-15(10-16)28-2/h3-10H,11-12,21H2,1-2H3. The minimum atomic E-state index is 0.166. The number of methoxy groups -OCH3 is 2. The molecule has 2 heterocycles. The molecule has 0 amide bonds. The van der Waals surface area contributed by atoms with E-state index in [9.17, 15) is 0 Å². The van der Waals surface area contributed by atoms with Gasteiger partial charge >= 0.3 is 0 Å². The zero-order chi connectivity index (χ0) is 21.6. The molecule has 4 rings (SSSR count). The zero-order valence-corrected chi connectivity index (χ0v) is 17.7. The first-order valence-electron chi connectivity index (χ1n) is 9.22. The van der Waals surface area contributed by atoms with Crippen LogP contribution in [0.3, 0.4) is 0 Å². The highest BCUT2D eigenvalue weighted by Crippen LogP contribution is 2.24. The van der Waals surface area contributed by atoms with Crippen molar-refractivity contribution in [3.05, 3.63) is 60.2 Å². The van der Waals surface area contributed by atoms with Crippen molar-refractivity contribution < 1.29 is 18.7 Å². The minimum Gasteiger partial charge on any atom is -0.497 e. The molecule has 0 aliphatic heterocycles. The van der Waals surface area contributed by atoms with Crippen LogP contribution in [0.2, 0.25) is 0 Å². The van der Waals surface area contributed by atoms with E-state index in [-0.39, 0.29) is 6.61 Å². The van der Waals surface area contributed by atoms with Crippen molar-refractivity contribution in [1.29, 1.82) is 0 Å². The number of nitrogen functional groups attached to an aromatic ring is 1. The Labute approximate surface area is 182 Å². The summed E-state index contributed by atoms with van der Waals surface area (Å²) in [6.45, 7) is 0.166. The Balaban J connectivity index is 1.35. The highest BCUT2D eigenvalue weighted by Gasteiger charge is 2.14. The summed E-state index contributed by atoms with van der Waals surface area (Å²) in [6.07, 6.45) is 0. The molecule has 2 aromatic carbocycles. The predicted molar refractivity (Wildman–Crippen MR) is 113 cm³/mol. The number of rotatable bonds is 9. The van der Waals surface area contributed by atoms with Crippen LogP contribution in [0.1, 0.15) is 11.7 Å². The maximum Gasteiger partial charge on any atom is 0.237 e. The predicted octanol–water partition coefficient (Wildman–Crippen LogP) is 2.93. The zero-order valence-electron chi connectivity index (χ0n) is 16.9. The Kier molecular flexibility index (Phi) is 6.22. The number of hydrogen-bond donors (Lipinski definition) is 1. The molecule has 0 spiro atoms. The summed E-state index contributed by atoms with van der Waals surface area (Å²) < 4.78 is 22.8. The normalized spacial score (nSPS) is 10.8. The van der Waals surface area contributed by atoms with Gasteiger partial charge in [0.15, 0.2) is 5.82 Å². The van der Waals surface area contributed by atoms with Gasteiger partial charge in [-0.3, -0.25) is 0 Å². The summed E-state index contributed by atoms with van der Waals surface area (Å²) in [5.74, 6) is 10.0. The molecule has 11 heteroatoms. The summed E-state index contributed by atoms with van der Waals surface area (Å²) in [7, 11) is 3.22. The van der Waals surface area contributed by atoms with E-state index < -0.39 is 0 Å². The summed E-state index contributed by atoms with van der Waals surface area (Å²) in [5, 5.41) is 12.7. The lowest BCUT2D eigenvalue weighted by molar-refractivity contribution is 0.289. The highest BCUT2D eigenvalue weighted by molar-refractivity contribution is 7.98. The van der Waals surface area contributed by atoms with Gasteiger partial charge in [-0.2, -0.15) is 4.98 Å². The lowest BCUT2D eigenvalue weighted by Gasteiger charge is -2.07. The first kappa shape index (κ1) is 20.5. The van der Waals surface area contributed by atoms with Crippen molar-refractivity contribution in [2.75, 3.05) is 20.1 Å². The highest BCUT2D eigenvalue weighted by atomic mass is 32.2. The molecule has 31 heavy (non-hydrogen) atoms. The number of thioether (sulfide) groups is 1. The van der Waals surface area contributed by atoms with Crippen molar-refractivity contribution in [2.24, 2.45) is 0 Å². The number of ether oxygens (including phenoxy) is 3. The van der Waals surface area contributed by atoms with Gasteiger partial charge in [0.25, 0.3) is 0 Å². The van der Waals surface area contributed by atoms with Crippen LogP contribution in [0, 0.1) is 0 Å². The fourth-order valence-corrected chi connectivity index (χ4v) is 3.35. The molecule has 2 N–H and O–H groups in total. The van der Waals surface area contributed by atoms with Gasteiger partial charge in [-0.05, 0) is 36.4 Å². The van der Waals surface area contributed by atoms with Crippen molar-refractivity contribution in [2.45, 2.75) is 17.5 Å². The quantitative estimate of drug-likeness (QED) is 0.307. The second kappa shape index (κ2) is 9.39.